The summed E-state index contributed by atoms with van der Waals surface area (Å²) in [6, 6.07) is 1.63. The number of aryl methyl sites for hydroxylation is 1. The van der Waals surface area contributed by atoms with Crippen molar-refractivity contribution in [1.82, 2.24) is 4.98 Å². The summed E-state index contributed by atoms with van der Waals surface area (Å²) in [5.74, 6) is -1.18. The average Bonchev–Trinajstić information content (AvgIpc) is 2.62. The highest BCUT2D eigenvalue weighted by Crippen LogP contribution is 2.36. The van der Waals surface area contributed by atoms with Gasteiger partial charge in [0.1, 0.15) is 5.52 Å². The Morgan fingerprint density at radius 1 is 1.32 bits per heavy atom. The number of fused-ring (bicyclic) bond motifs is 2. The van der Waals surface area contributed by atoms with Gasteiger partial charge in [0, 0.05) is 18.3 Å². The molecular weight excluding hydrogens is 257 g/mol. The lowest BCUT2D eigenvalue weighted by Gasteiger charge is -2.10. The Labute approximate surface area is 107 Å². The summed E-state index contributed by atoms with van der Waals surface area (Å²) in [4.78, 5) is 3.60. The molecule has 0 unspecified atom stereocenters. The molecule has 0 saturated carbocycles. The maximum absolute atomic E-state index is 12.6. The molecule has 1 N–H and O–H groups in total. The highest BCUT2D eigenvalue weighted by atomic mass is 19.4. The largest absolute Gasteiger partial charge is 0.468 e. The van der Waals surface area contributed by atoms with Gasteiger partial charge in [-0.3, -0.25) is 0 Å². The van der Waals surface area contributed by atoms with Crippen molar-refractivity contribution >= 4 is 16.8 Å². The summed E-state index contributed by atoms with van der Waals surface area (Å²) >= 11 is 0. The molecule has 0 fully saturated rings. The fourth-order valence-electron chi connectivity index (χ4n) is 2.51. The molecule has 0 atom stereocenters. The number of oxazole rings is 1. The summed E-state index contributed by atoms with van der Waals surface area (Å²) in [5, 5.41) is 3.24. The third-order valence-corrected chi connectivity index (χ3v) is 3.47. The third kappa shape index (κ3) is 2.05. The molecule has 3 rings (SSSR count). The average molecular weight is 270 g/mol. The second-order valence-electron chi connectivity index (χ2n) is 4.78. The molecule has 0 radical (unpaired) electrons. The minimum absolute atomic E-state index is 0.193. The van der Waals surface area contributed by atoms with Crippen molar-refractivity contribution in [1.29, 1.82) is 0 Å². The summed E-state index contributed by atoms with van der Waals surface area (Å²) in [7, 11) is 0. The molecule has 0 spiro atoms. The molecule has 19 heavy (non-hydrogen) atoms. The van der Waals surface area contributed by atoms with Crippen LogP contribution in [-0.2, 0) is 12.6 Å². The number of nitrogens with zero attached hydrogens (tertiary/aromatic N) is 1. The van der Waals surface area contributed by atoms with E-state index in [0.29, 0.717) is 5.52 Å². The topological polar surface area (TPSA) is 38.1 Å². The van der Waals surface area contributed by atoms with Crippen molar-refractivity contribution < 1.29 is 17.6 Å². The number of hydrogen-bond donors (Lipinski definition) is 1. The van der Waals surface area contributed by atoms with E-state index in [0.717, 1.165) is 42.6 Å². The van der Waals surface area contributed by atoms with Crippen LogP contribution in [0.4, 0.5) is 18.9 Å². The Balaban J connectivity index is 2.21. The predicted molar refractivity (Wildman–Crippen MR) is 65.2 cm³/mol. The molecule has 102 valence electrons. The van der Waals surface area contributed by atoms with Gasteiger partial charge < -0.3 is 9.73 Å². The molecule has 2 heterocycles. The molecule has 1 aliphatic rings. The van der Waals surface area contributed by atoms with Crippen LogP contribution in [0.15, 0.2) is 10.5 Å². The van der Waals surface area contributed by atoms with Crippen LogP contribution in [0.5, 0.6) is 0 Å². The number of nitrogens with one attached hydrogen (secondary N) is 1. The highest BCUT2D eigenvalue weighted by Gasteiger charge is 2.38. The number of hydrogen-bond acceptors (Lipinski definition) is 3. The zero-order chi connectivity index (χ0) is 13.6. The van der Waals surface area contributed by atoms with Crippen LogP contribution < -0.4 is 5.32 Å². The van der Waals surface area contributed by atoms with Crippen LogP contribution >= 0.6 is 0 Å². The Bertz CT molecular complexity index is 631. The molecule has 0 amide bonds. The van der Waals surface area contributed by atoms with Gasteiger partial charge in [-0.05, 0) is 37.3 Å². The van der Waals surface area contributed by atoms with Gasteiger partial charge in [-0.2, -0.15) is 13.2 Å². The first-order chi connectivity index (χ1) is 8.97. The molecule has 1 aromatic heterocycles. The maximum atomic E-state index is 12.6. The first-order valence-corrected chi connectivity index (χ1v) is 6.21. The zero-order valence-electron chi connectivity index (χ0n) is 10.4. The van der Waals surface area contributed by atoms with E-state index in [9.17, 15) is 13.2 Å². The van der Waals surface area contributed by atoms with Gasteiger partial charge in [0.2, 0.25) is 0 Å². The summed E-state index contributed by atoms with van der Waals surface area (Å²) < 4.78 is 42.7. The van der Waals surface area contributed by atoms with Crippen molar-refractivity contribution in [2.45, 2.75) is 32.4 Å². The minimum Gasteiger partial charge on any atom is -0.433 e. The minimum atomic E-state index is -4.55. The van der Waals surface area contributed by atoms with E-state index in [1.165, 1.54) is 0 Å². The predicted octanol–water partition coefficient (Wildman–Crippen LogP) is 3.90. The van der Waals surface area contributed by atoms with Crippen LogP contribution in [0.1, 0.15) is 29.9 Å². The summed E-state index contributed by atoms with van der Waals surface area (Å²) in [5.41, 5.74) is 3.20. The van der Waals surface area contributed by atoms with Crippen molar-refractivity contribution in [3.8, 4) is 0 Å². The second-order valence-corrected chi connectivity index (χ2v) is 4.78. The van der Waals surface area contributed by atoms with Crippen LogP contribution in [0, 0.1) is 6.92 Å². The van der Waals surface area contributed by atoms with E-state index in [4.69, 9.17) is 4.42 Å². The van der Waals surface area contributed by atoms with Crippen LogP contribution in [-0.4, -0.2) is 11.5 Å². The van der Waals surface area contributed by atoms with E-state index in [1.807, 2.05) is 0 Å². The lowest BCUT2D eigenvalue weighted by Crippen LogP contribution is -2.04. The summed E-state index contributed by atoms with van der Waals surface area (Å²) in [6.07, 6.45) is -1.61. The van der Waals surface area contributed by atoms with Crippen LogP contribution in [0.2, 0.25) is 0 Å². The molecule has 0 bridgehead atoms. The molecular formula is C13H13F3N2O. The lowest BCUT2D eigenvalue weighted by molar-refractivity contribution is -0.156. The Morgan fingerprint density at radius 2 is 2.11 bits per heavy atom. The molecule has 2 aromatic rings. The normalized spacial score (nSPS) is 16.0. The van der Waals surface area contributed by atoms with Gasteiger partial charge in [-0.15, -0.1) is 0 Å². The van der Waals surface area contributed by atoms with Crippen molar-refractivity contribution in [2.24, 2.45) is 0 Å². The molecule has 0 aliphatic carbocycles. The lowest BCUT2D eigenvalue weighted by atomic mass is 10.0. The Kier molecular flexibility index (Phi) is 2.69. The van der Waals surface area contributed by atoms with Gasteiger partial charge in [0.25, 0.3) is 0 Å². The molecule has 1 aliphatic heterocycles. The van der Waals surface area contributed by atoms with Gasteiger partial charge in [0.15, 0.2) is 5.58 Å². The van der Waals surface area contributed by atoms with Gasteiger partial charge >= 0.3 is 12.1 Å². The van der Waals surface area contributed by atoms with Crippen molar-refractivity contribution in [3.63, 3.8) is 0 Å². The van der Waals surface area contributed by atoms with Crippen LogP contribution in [0.25, 0.3) is 11.1 Å². The van der Waals surface area contributed by atoms with Crippen molar-refractivity contribution in [3.05, 3.63) is 23.1 Å². The number of alkyl halides is 3. The van der Waals surface area contributed by atoms with E-state index in [2.05, 4.69) is 10.3 Å². The second kappa shape index (κ2) is 4.15. The number of anilines is 1. The monoisotopic (exact) mass is 270 g/mol. The number of rotatable bonds is 0. The van der Waals surface area contributed by atoms with E-state index in [1.54, 1.807) is 13.0 Å². The molecule has 6 heteroatoms. The number of benzene rings is 1. The molecule has 1 aromatic carbocycles. The van der Waals surface area contributed by atoms with Crippen LogP contribution in [0.3, 0.4) is 0 Å². The zero-order valence-corrected chi connectivity index (χ0v) is 10.4. The Morgan fingerprint density at radius 3 is 2.84 bits per heavy atom. The highest BCUT2D eigenvalue weighted by molar-refractivity contribution is 5.84. The smallest absolute Gasteiger partial charge is 0.433 e. The van der Waals surface area contributed by atoms with E-state index in [-0.39, 0.29) is 5.58 Å². The first kappa shape index (κ1) is 12.3. The van der Waals surface area contributed by atoms with Gasteiger partial charge in [0.05, 0.1) is 0 Å². The first-order valence-electron chi connectivity index (χ1n) is 6.21. The van der Waals surface area contributed by atoms with Gasteiger partial charge in [-0.1, -0.05) is 0 Å². The molecule has 0 saturated heterocycles. The Hall–Kier alpha value is -1.72. The summed E-state index contributed by atoms with van der Waals surface area (Å²) in [6.45, 7) is 2.63. The van der Waals surface area contributed by atoms with E-state index < -0.39 is 12.1 Å². The standard InChI is InChI=1S/C13H13F3N2O/c1-7-8-4-2-3-5-17-9(8)6-10-11(7)18-12(19-10)13(14,15)16/h6,17H,2-5H2,1H3. The van der Waals surface area contributed by atoms with Gasteiger partial charge in [-0.25, -0.2) is 4.98 Å². The van der Waals surface area contributed by atoms with E-state index >= 15 is 0 Å². The third-order valence-electron chi connectivity index (χ3n) is 3.47. The maximum Gasteiger partial charge on any atom is 0.468 e. The fourth-order valence-corrected chi connectivity index (χ4v) is 2.51. The number of aromatic nitrogens is 1. The number of halogens is 3. The molecule has 3 nitrogen and oxygen atoms in total. The SMILES string of the molecule is Cc1c2c(cc3oc(C(F)(F)F)nc13)NCCCC2. The quantitative estimate of drug-likeness (QED) is 0.788. The fraction of sp³-hybridized carbons (Fsp3) is 0.462. The van der Waals surface area contributed by atoms with Crippen molar-refractivity contribution in [2.75, 3.05) is 11.9 Å².